The number of nitriles is 1. The highest BCUT2D eigenvalue weighted by Crippen LogP contribution is 2.30. The molecule has 0 saturated carbocycles. The Morgan fingerprint density at radius 2 is 1.42 bits per heavy atom. The lowest BCUT2D eigenvalue weighted by Gasteiger charge is -2.16. The summed E-state index contributed by atoms with van der Waals surface area (Å²) in [6, 6.07) is 5.67. The fraction of sp³-hybridized carbons (Fsp3) is 0.500. The molecule has 1 aliphatic heterocycles. The van der Waals surface area contributed by atoms with E-state index in [1.54, 1.807) is 6.07 Å². The third-order valence-corrected chi connectivity index (χ3v) is 2.75. The molecule has 0 aromatic heterocycles. The van der Waals surface area contributed by atoms with E-state index in [1.807, 2.05) is 13.0 Å². The Hall–Kier alpha value is -1.77. The van der Waals surface area contributed by atoms with Crippen LogP contribution in [-0.4, -0.2) is 39.6 Å². The Morgan fingerprint density at radius 3 is 2.00 bits per heavy atom. The molecule has 1 heterocycles. The number of benzene rings is 1. The van der Waals surface area contributed by atoms with Gasteiger partial charge in [-0.05, 0) is 18.6 Å². The zero-order valence-corrected chi connectivity index (χ0v) is 11.0. The van der Waals surface area contributed by atoms with Crippen LogP contribution in [0.25, 0.3) is 0 Å². The van der Waals surface area contributed by atoms with Crippen LogP contribution in [-0.2, 0) is 9.47 Å². The molecule has 0 atom stereocenters. The summed E-state index contributed by atoms with van der Waals surface area (Å²) in [5, 5.41) is 9.04. The van der Waals surface area contributed by atoms with Gasteiger partial charge in [0.25, 0.3) is 0 Å². The van der Waals surface area contributed by atoms with Crippen molar-refractivity contribution in [1.29, 1.82) is 5.26 Å². The van der Waals surface area contributed by atoms with Crippen LogP contribution in [0.4, 0.5) is 0 Å². The molecule has 0 bridgehead atoms. The lowest BCUT2D eigenvalue weighted by molar-refractivity contribution is 0.0223. The van der Waals surface area contributed by atoms with E-state index < -0.39 is 0 Å². The molecular weight excluding hydrogens is 246 g/mol. The quantitative estimate of drug-likeness (QED) is 0.712. The Labute approximate surface area is 112 Å². The van der Waals surface area contributed by atoms with Crippen LogP contribution >= 0.6 is 0 Å². The fourth-order valence-corrected chi connectivity index (χ4v) is 1.75. The van der Waals surface area contributed by atoms with E-state index >= 15 is 0 Å². The van der Waals surface area contributed by atoms with E-state index in [2.05, 4.69) is 6.07 Å². The highest BCUT2D eigenvalue weighted by Gasteiger charge is 2.10. The number of ether oxygens (including phenoxy) is 4. The van der Waals surface area contributed by atoms with Crippen molar-refractivity contribution in [2.45, 2.75) is 6.92 Å². The number of aryl methyl sites for hydroxylation is 1. The molecule has 1 aliphatic rings. The van der Waals surface area contributed by atoms with Crippen LogP contribution in [0.15, 0.2) is 12.1 Å². The van der Waals surface area contributed by atoms with Crippen molar-refractivity contribution in [1.82, 2.24) is 0 Å². The van der Waals surface area contributed by atoms with Crippen molar-refractivity contribution in [3.8, 4) is 17.6 Å². The molecule has 19 heavy (non-hydrogen) atoms. The Morgan fingerprint density at radius 1 is 0.895 bits per heavy atom. The summed E-state index contributed by atoms with van der Waals surface area (Å²) in [5.74, 6) is 1.21. The first-order valence-corrected chi connectivity index (χ1v) is 6.27. The van der Waals surface area contributed by atoms with Crippen LogP contribution in [0.2, 0.25) is 0 Å². The maximum atomic E-state index is 9.04. The van der Waals surface area contributed by atoms with Gasteiger partial charge in [0.2, 0.25) is 0 Å². The number of hydrogen-bond acceptors (Lipinski definition) is 5. The summed E-state index contributed by atoms with van der Waals surface area (Å²) in [6.07, 6.45) is 0. The van der Waals surface area contributed by atoms with E-state index in [-0.39, 0.29) is 0 Å². The summed E-state index contributed by atoms with van der Waals surface area (Å²) in [5.41, 5.74) is 1.46. The molecule has 0 unspecified atom stereocenters. The molecule has 1 aromatic carbocycles. The minimum Gasteiger partial charge on any atom is -0.487 e. The molecule has 0 N–H and O–H groups in total. The van der Waals surface area contributed by atoms with Gasteiger partial charge in [0.1, 0.15) is 13.2 Å². The summed E-state index contributed by atoms with van der Waals surface area (Å²) in [6.45, 7) is 4.83. The van der Waals surface area contributed by atoms with Crippen LogP contribution in [0, 0.1) is 18.3 Å². The van der Waals surface area contributed by atoms with Crippen molar-refractivity contribution in [2.24, 2.45) is 0 Å². The second-order valence-electron chi connectivity index (χ2n) is 4.15. The molecule has 0 radical (unpaired) electrons. The van der Waals surface area contributed by atoms with Crippen LogP contribution in [0.5, 0.6) is 11.5 Å². The van der Waals surface area contributed by atoms with Gasteiger partial charge in [-0.25, -0.2) is 0 Å². The second-order valence-corrected chi connectivity index (χ2v) is 4.15. The molecule has 5 nitrogen and oxygen atoms in total. The third-order valence-electron chi connectivity index (χ3n) is 2.75. The zero-order valence-electron chi connectivity index (χ0n) is 11.0. The first-order valence-electron chi connectivity index (χ1n) is 6.27. The summed E-state index contributed by atoms with van der Waals surface area (Å²) < 4.78 is 22.0. The van der Waals surface area contributed by atoms with Crippen LogP contribution in [0.1, 0.15) is 11.1 Å². The van der Waals surface area contributed by atoms with E-state index in [9.17, 15) is 0 Å². The summed E-state index contributed by atoms with van der Waals surface area (Å²) in [4.78, 5) is 0. The van der Waals surface area contributed by atoms with Crippen LogP contribution < -0.4 is 9.47 Å². The van der Waals surface area contributed by atoms with Gasteiger partial charge in [-0.1, -0.05) is 0 Å². The smallest absolute Gasteiger partial charge is 0.162 e. The average molecular weight is 263 g/mol. The first-order chi connectivity index (χ1) is 9.31. The normalized spacial score (nSPS) is 16.8. The van der Waals surface area contributed by atoms with E-state index in [0.717, 1.165) is 5.56 Å². The Bertz CT molecular complexity index is 467. The van der Waals surface area contributed by atoms with Gasteiger partial charge in [0.15, 0.2) is 11.5 Å². The van der Waals surface area contributed by atoms with Crippen LogP contribution in [0.3, 0.4) is 0 Å². The number of hydrogen-bond donors (Lipinski definition) is 0. The Kier molecular flexibility index (Phi) is 5.01. The molecule has 5 heteroatoms. The first kappa shape index (κ1) is 13.7. The standard InChI is InChI=1S/C14H17NO4/c1-11-8-13-14(9-12(11)10-15)19-7-5-17-3-2-16-4-6-18-13/h8-9H,2-7H2,1H3. The molecular formula is C14H17NO4. The molecule has 2 rings (SSSR count). The van der Waals surface area contributed by atoms with Gasteiger partial charge in [0, 0.05) is 6.07 Å². The average Bonchev–Trinajstić information content (AvgIpc) is 2.40. The van der Waals surface area contributed by atoms with Crippen molar-refractivity contribution < 1.29 is 18.9 Å². The van der Waals surface area contributed by atoms with Crippen molar-refractivity contribution >= 4 is 0 Å². The third kappa shape index (κ3) is 3.85. The predicted molar refractivity (Wildman–Crippen MR) is 68.5 cm³/mol. The van der Waals surface area contributed by atoms with E-state index in [0.29, 0.717) is 56.7 Å². The van der Waals surface area contributed by atoms with E-state index in [1.165, 1.54) is 0 Å². The monoisotopic (exact) mass is 263 g/mol. The fourth-order valence-electron chi connectivity index (χ4n) is 1.75. The molecule has 1 aromatic rings. The lowest BCUT2D eigenvalue weighted by atomic mass is 10.1. The maximum absolute atomic E-state index is 9.04. The maximum Gasteiger partial charge on any atom is 0.162 e. The molecule has 0 amide bonds. The minimum atomic E-state index is 0.421. The summed E-state index contributed by atoms with van der Waals surface area (Å²) in [7, 11) is 0. The number of nitrogens with zero attached hydrogens (tertiary/aromatic N) is 1. The van der Waals surface area contributed by atoms with Crippen molar-refractivity contribution in [3.63, 3.8) is 0 Å². The van der Waals surface area contributed by atoms with Gasteiger partial charge in [-0.15, -0.1) is 0 Å². The van der Waals surface area contributed by atoms with Crippen molar-refractivity contribution in [2.75, 3.05) is 39.6 Å². The van der Waals surface area contributed by atoms with Crippen molar-refractivity contribution in [3.05, 3.63) is 23.3 Å². The van der Waals surface area contributed by atoms with Gasteiger partial charge in [0.05, 0.1) is 38.1 Å². The van der Waals surface area contributed by atoms with Gasteiger partial charge in [-0.3, -0.25) is 0 Å². The van der Waals surface area contributed by atoms with Gasteiger partial charge >= 0.3 is 0 Å². The SMILES string of the molecule is Cc1cc2c(cc1C#N)OCCOCCOCCO2. The zero-order chi connectivity index (χ0) is 13.5. The molecule has 102 valence electrons. The number of rotatable bonds is 0. The minimum absolute atomic E-state index is 0.421. The highest BCUT2D eigenvalue weighted by molar-refractivity contribution is 5.51. The summed E-state index contributed by atoms with van der Waals surface area (Å²) >= 11 is 0. The topological polar surface area (TPSA) is 60.7 Å². The molecule has 0 fully saturated rings. The lowest BCUT2D eigenvalue weighted by Crippen LogP contribution is -2.16. The van der Waals surface area contributed by atoms with Gasteiger partial charge in [-0.2, -0.15) is 5.26 Å². The van der Waals surface area contributed by atoms with Gasteiger partial charge < -0.3 is 18.9 Å². The number of fused-ring (bicyclic) bond motifs is 1. The molecule has 0 spiro atoms. The second kappa shape index (κ2) is 6.98. The largest absolute Gasteiger partial charge is 0.487 e. The molecule has 0 saturated heterocycles. The Balaban J connectivity index is 2.18. The predicted octanol–water partition coefficient (Wildman–Crippen LogP) is 1.67. The molecule has 0 aliphatic carbocycles. The highest BCUT2D eigenvalue weighted by atomic mass is 16.6. The van der Waals surface area contributed by atoms with E-state index in [4.69, 9.17) is 24.2 Å².